The van der Waals surface area contributed by atoms with Crippen LogP contribution in [0, 0.1) is 0 Å². The normalized spacial score (nSPS) is 12.1. The van der Waals surface area contributed by atoms with E-state index in [1.165, 1.54) is 11.6 Å². The number of H-pyrrole nitrogens is 1. The second kappa shape index (κ2) is 9.76. The van der Waals surface area contributed by atoms with Gasteiger partial charge in [-0.1, -0.05) is 54.6 Å². The molecule has 0 unspecified atom stereocenters. The van der Waals surface area contributed by atoms with Crippen molar-refractivity contribution in [2.24, 2.45) is 0 Å². The number of benzene rings is 2. The fraction of sp³-hybridized carbons (Fsp3) is 0.125. The van der Waals surface area contributed by atoms with Crippen molar-refractivity contribution >= 4 is 34.7 Å². The quantitative estimate of drug-likeness (QED) is 0.163. The van der Waals surface area contributed by atoms with Crippen LogP contribution in [0.2, 0.25) is 0 Å². The number of aromatic amines is 1. The molecular formula is C24H24N6O2. The van der Waals surface area contributed by atoms with Crippen LogP contribution in [0.4, 0.5) is 11.6 Å². The highest BCUT2D eigenvalue weighted by Crippen LogP contribution is 2.26. The van der Waals surface area contributed by atoms with E-state index in [1.807, 2.05) is 48.5 Å². The van der Waals surface area contributed by atoms with E-state index in [0.717, 1.165) is 33.8 Å². The molecule has 0 spiro atoms. The van der Waals surface area contributed by atoms with Gasteiger partial charge in [0.1, 0.15) is 23.6 Å². The molecule has 2 aromatic heterocycles. The molecule has 0 aliphatic rings. The summed E-state index contributed by atoms with van der Waals surface area (Å²) in [5.41, 5.74) is 5.45. The van der Waals surface area contributed by atoms with Crippen molar-refractivity contribution in [1.29, 1.82) is 0 Å². The second-order valence-electron chi connectivity index (χ2n) is 7.35. The zero-order valence-corrected chi connectivity index (χ0v) is 17.5. The van der Waals surface area contributed by atoms with Crippen molar-refractivity contribution in [2.75, 3.05) is 10.6 Å². The summed E-state index contributed by atoms with van der Waals surface area (Å²) >= 11 is 0. The molecule has 2 heterocycles. The summed E-state index contributed by atoms with van der Waals surface area (Å²) in [6.45, 7) is 2.72. The maximum Gasteiger partial charge on any atom is 0.267 e. The van der Waals surface area contributed by atoms with E-state index in [-0.39, 0.29) is 6.04 Å². The third kappa shape index (κ3) is 5.11. The monoisotopic (exact) mass is 428 g/mol. The number of hydrogen-bond acceptors (Lipinski definition) is 6. The Morgan fingerprint density at radius 1 is 1.12 bits per heavy atom. The number of fused-ring (bicyclic) bond motifs is 1. The molecule has 8 nitrogen and oxygen atoms in total. The van der Waals surface area contributed by atoms with Gasteiger partial charge < -0.3 is 15.6 Å². The minimum atomic E-state index is -0.565. The largest absolute Gasteiger partial charge is 0.367 e. The molecule has 0 bridgehead atoms. The summed E-state index contributed by atoms with van der Waals surface area (Å²) in [6, 6.07) is 20.1. The lowest BCUT2D eigenvalue weighted by Gasteiger charge is -2.15. The number of rotatable bonds is 8. The molecule has 1 amide bonds. The van der Waals surface area contributed by atoms with Crippen LogP contribution < -0.4 is 16.1 Å². The van der Waals surface area contributed by atoms with E-state index in [1.54, 1.807) is 17.9 Å². The number of nitrogens with zero attached hydrogens (tertiary/aromatic N) is 2. The fourth-order valence-electron chi connectivity index (χ4n) is 3.33. The van der Waals surface area contributed by atoms with Gasteiger partial charge >= 0.3 is 0 Å². The Kier molecular flexibility index (Phi) is 6.43. The lowest BCUT2D eigenvalue weighted by atomic mass is 10.1. The maximum atomic E-state index is 11.1. The Balaban J connectivity index is 1.43. The van der Waals surface area contributed by atoms with Crippen molar-refractivity contribution in [2.45, 2.75) is 19.5 Å². The molecule has 1 atom stereocenters. The molecular weight excluding hydrogens is 404 g/mol. The van der Waals surface area contributed by atoms with Crippen molar-refractivity contribution < 1.29 is 10.0 Å². The average molecular weight is 428 g/mol. The summed E-state index contributed by atoms with van der Waals surface area (Å²) < 4.78 is 0. The van der Waals surface area contributed by atoms with Crippen LogP contribution in [0.1, 0.15) is 29.7 Å². The number of carbonyl (C=O) groups excluding carboxylic acids is 1. The zero-order chi connectivity index (χ0) is 22.3. The Bertz CT molecular complexity index is 1220. The minimum absolute atomic E-state index is 0.108. The molecule has 162 valence electrons. The van der Waals surface area contributed by atoms with Gasteiger partial charge in [-0.25, -0.2) is 15.4 Å². The summed E-state index contributed by atoms with van der Waals surface area (Å²) in [7, 11) is 0. The fourth-order valence-corrected chi connectivity index (χ4v) is 3.33. The minimum Gasteiger partial charge on any atom is -0.367 e. The van der Waals surface area contributed by atoms with Gasteiger partial charge in [0.15, 0.2) is 0 Å². The number of hydrogen-bond donors (Lipinski definition) is 5. The molecule has 0 aliphatic carbocycles. The zero-order valence-electron chi connectivity index (χ0n) is 17.5. The topological polar surface area (TPSA) is 115 Å². The van der Waals surface area contributed by atoms with E-state index >= 15 is 0 Å². The Morgan fingerprint density at radius 3 is 2.66 bits per heavy atom. The molecule has 32 heavy (non-hydrogen) atoms. The van der Waals surface area contributed by atoms with Crippen molar-refractivity contribution in [3.63, 3.8) is 0 Å². The number of hydroxylamine groups is 1. The molecule has 0 fully saturated rings. The molecule has 8 heteroatoms. The van der Waals surface area contributed by atoms with Gasteiger partial charge in [0.25, 0.3) is 5.91 Å². The SMILES string of the molecule is C[C@@H](Nc1ncnc2[nH]c(NCc3ccc(/C=C/C(=O)NO)cc3)cc12)c1ccccc1. The highest BCUT2D eigenvalue weighted by Gasteiger charge is 2.11. The molecule has 4 aromatic rings. The van der Waals surface area contributed by atoms with Crippen LogP contribution in [0.3, 0.4) is 0 Å². The first-order chi connectivity index (χ1) is 15.6. The molecule has 0 radical (unpaired) electrons. The van der Waals surface area contributed by atoms with Gasteiger partial charge in [-0.3, -0.25) is 10.0 Å². The van der Waals surface area contributed by atoms with E-state index < -0.39 is 5.91 Å². The van der Waals surface area contributed by atoms with Gasteiger partial charge in [0, 0.05) is 18.7 Å². The lowest BCUT2D eigenvalue weighted by molar-refractivity contribution is -0.124. The van der Waals surface area contributed by atoms with Crippen LogP contribution in [-0.2, 0) is 11.3 Å². The van der Waals surface area contributed by atoms with Crippen molar-refractivity contribution in [1.82, 2.24) is 20.4 Å². The third-order valence-corrected chi connectivity index (χ3v) is 5.08. The third-order valence-electron chi connectivity index (χ3n) is 5.08. The summed E-state index contributed by atoms with van der Waals surface area (Å²) in [6.07, 6.45) is 4.44. The second-order valence-corrected chi connectivity index (χ2v) is 7.35. The first-order valence-corrected chi connectivity index (χ1v) is 10.2. The molecule has 4 rings (SSSR count). The van der Waals surface area contributed by atoms with Crippen molar-refractivity contribution in [3.05, 3.63) is 89.8 Å². The number of amides is 1. The predicted molar refractivity (Wildman–Crippen MR) is 125 cm³/mol. The highest BCUT2D eigenvalue weighted by molar-refractivity contribution is 5.91. The number of nitrogens with one attached hydrogen (secondary N) is 4. The van der Waals surface area contributed by atoms with E-state index in [2.05, 4.69) is 44.6 Å². The predicted octanol–water partition coefficient (Wildman–Crippen LogP) is 4.26. The van der Waals surface area contributed by atoms with Gasteiger partial charge in [-0.2, -0.15) is 0 Å². The Hall–Kier alpha value is -4.17. The van der Waals surface area contributed by atoms with Crippen molar-refractivity contribution in [3.8, 4) is 0 Å². The molecule has 0 aliphatic heterocycles. The standard InChI is InChI=1S/C24H24N6O2/c1-16(19-5-3-2-4-6-19)28-23-20-13-21(29-24(20)27-15-26-23)25-14-18-9-7-17(8-10-18)11-12-22(31)30-32/h2-13,15-16,25,32H,14H2,1H3,(H,30,31)(H2,26,27,28,29)/b12-11+/t16-/m1/s1. The van der Waals surface area contributed by atoms with Gasteiger partial charge in [-0.15, -0.1) is 0 Å². The highest BCUT2D eigenvalue weighted by atomic mass is 16.5. The average Bonchev–Trinajstić information content (AvgIpc) is 3.26. The van der Waals surface area contributed by atoms with Crippen LogP contribution in [0.5, 0.6) is 0 Å². The Morgan fingerprint density at radius 2 is 1.91 bits per heavy atom. The van der Waals surface area contributed by atoms with E-state index in [9.17, 15) is 4.79 Å². The van der Waals surface area contributed by atoms with Gasteiger partial charge in [0.2, 0.25) is 0 Å². The summed E-state index contributed by atoms with van der Waals surface area (Å²) in [5, 5.41) is 16.3. The first-order valence-electron chi connectivity index (χ1n) is 10.2. The smallest absolute Gasteiger partial charge is 0.267 e. The van der Waals surface area contributed by atoms with Crippen LogP contribution in [0.15, 0.2) is 73.1 Å². The molecule has 0 saturated heterocycles. The molecule has 2 aromatic carbocycles. The number of carbonyl (C=O) groups is 1. The van der Waals surface area contributed by atoms with Crippen LogP contribution in [-0.4, -0.2) is 26.1 Å². The maximum absolute atomic E-state index is 11.1. The number of anilines is 2. The van der Waals surface area contributed by atoms with Gasteiger partial charge in [0.05, 0.1) is 5.39 Å². The van der Waals surface area contributed by atoms with Crippen LogP contribution in [0.25, 0.3) is 17.1 Å². The van der Waals surface area contributed by atoms with Crippen LogP contribution >= 0.6 is 0 Å². The lowest BCUT2D eigenvalue weighted by Crippen LogP contribution is -2.14. The molecule has 0 saturated carbocycles. The first kappa shape index (κ1) is 21.1. The Labute approximate surface area is 185 Å². The van der Waals surface area contributed by atoms with E-state index in [4.69, 9.17) is 5.21 Å². The van der Waals surface area contributed by atoms with E-state index in [0.29, 0.717) is 6.54 Å². The summed E-state index contributed by atoms with van der Waals surface area (Å²) in [4.78, 5) is 23.1. The summed E-state index contributed by atoms with van der Waals surface area (Å²) in [5.74, 6) is 1.06. The molecule has 5 N–H and O–H groups in total. The number of aromatic nitrogens is 3. The van der Waals surface area contributed by atoms with Gasteiger partial charge in [-0.05, 0) is 35.8 Å².